The van der Waals surface area contributed by atoms with Gasteiger partial charge in [-0.2, -0.15) is 0 Å². The number of rotatable bonds is 6. The van der Waals surface area contributed by atoms with Crippen molar-refractivity contribution in [3.05, 3.63) is 93.4 Å². The Balaban J connectivity index is 1.49. The topological polar surface area (TPSA) is 40.5 Å². The van der Waals surface area contributed by atoms with Crippen LogP contribution in [0.2, 0.25) is 0 Å². The second-order valence-corrected chi connectivity index (χ2v) is 8.79. The van der Waals surface area contributed by atoms with Gasteiger partial charge in [-0.3, -0.25) is 4.79 Å². The maximum absolute atomic E-state index is 13.0. The molecule has 1 saturated heterocycles. The van der Waals surface area contributed by atoms with Crippen LogP contribution in [-0.2, 0) is 17.6 Å². The smallest absolute Gasteiger partial charge is 0.223 e. The van der Waals surface area contributed by atoms with Gasteiger partial charge in [-0.1, -0.05) is 42.5 Å². The molecule has 3 nitrogen and oxygen atoms in total. The summed E-state index contributed by atoms with van der Waals surface area (Å²) in [6.45, 7) is 0. The molecule has 3 aromatic rings. The van der Waals surface area contributed by atoms with Crippen LogP contribution in [0.3, 0.4) is 0 Å². The van der Waals surface area contributed by atoms with E-state index in [-0.39, 0.29) is 23.7 Å². The summed E-state index contributed by atoms with van der Waals surface area (Å²) in [5, 5.41) is 11.1. The largest absolute Gasteiger partial charge is 0.385 e. The third kappa shape index (κ3) is 4.26. The molecule has 0 bridgehead atoms. The van der Waals surface area contributed by atoms with Crippen LogP contribution in [0.1, 0.15) is 39.3 Å². The molecule has 0 unspecified atom stereocenters. The Kier molecular flexibility index (Phi) is 5.79. The number of carbonyl (C=O) groups is 1. The Morgan fingerprint density at radius 3 is 2.52 bits per heavy atom. The molecule has 1 N–H and O–H groups in total. The molecule has 0 aliphatic carbocycles. The highest BCUT2D eigenvalue weighted by molar-refractivity contribution is 7.12. The van der Waals surface area contributed by atoms with Crippen molar-refractivity contribution in [3.8, 4) is 0 Å². The van der Waals surface area contributed by atoms with E-state index in [1.165, 1.54) is 17.0 Å². The predicted octanol–water partition coefficient (Wildman–Crippen LogP) is 4.72. The normalized spacial score (nSPS) is 20.2. The summed E-state index contributed by atoms with van der Waals surface area (Å²) < 4.78 is 13.0. The minimum Gasteiger partial charge on any atom is -0.385 e. The third-order valence-corrected chi connectivity index (χ3v) is 6.96. The zero-order chi connectivity index (χ0) is 20.4. The van der Waals surface area contributed by atoms with Crippen LogP contribution < -0.4 is 0 Å². The van der Waals surface area contributed by atoms with Gasteiger partial charge < -0.3 is 10.0 Å². The van der Waals surface area contributed by atoms with Crippen molar-refractivity contribution in [1.29, 1.82) is 0 Å². The van der Waals surface area contributed by atoms with E-state index in [1.54, 1.807) is 23.3 Å². The van der Waals surface area contributed by atoms with Crippen molar-refractivity contribution in [2.45, 2.75) is 37.3 Å². The first-order valence-electron chi connectivity index (χ1n) is 9.84. The Morgan fingerprint density at radius 2 is 1.79 bits per heavy atom. The number of thiophene rings is 1. The second kappa shape index (κ2) is 8.47. The zero-order valence-electron chi connectivity index (χ0n) is 16.3. The first kappa shape index (κ1) is 19.8. The molecule has 4 rings (SSSR count). The molecule has 1 aromatic heterocycles. The lowest BCUT2D eigenvalue weighted by molar-refractivity contribution is -0.128. The summed E-state index contributed by atoms with van der Waals surface area (Å²) in [5.41, 5.74) is 2.18. The molecular formula is C24H24FNO2S. The zero-order valence-corrected chi connectivity index (χ0v) is 17.1. The minimum absolute atomic E-state index is 0.0199. The van der Waals surface area contributed by atoms with Gasteiger partial charge in [-0.25, -0.2) is 4.39 Å². The van der Waals surface area contributed by atoms with Gasteiger partial charge in [-0.15, -0.1) is 11.3 Å². The lowest BCUT2D eigenvalue weighted by Crippen LogP contribution is -2.36. The minimum atomic E-state index is -0.721. The maximum Gasteiger partial charge on any atom is 0.223 e. The van der Waals surface area contributed by atoms with E-state index < -0.39 is 6.10 Å². The van der Waals surface area contributed by atoms with Gasteiger partial charge in [0.15, 0.2) is 0 Å². The molecule has 0 radical (unpaired) electrons. The number of aliphatic hydroxyl groups excluding tert-OH is 1. The molecule has 1 aliphatic heterocycles. The summed E-state index contributed by atoms with van der Waals surface area (Å²) in [6.07, 6.45) is 1.36. The molecular weight excluding hydrogens is 385 g/mol. The van der Waals surface area contributed by atoms with Crippen LogP contribution in [0.25, 0.3) is 0 Å². The number of likely N-dealkylation sites (tertiary alicyclic amines) is 1. The molecule has 0 saturated carbocycles. The van der Waals surface area contributed by atoms with E-state index in [9.17, 15) is 14.3 Å². The van der Waals surface area contributed by atoms with E-state index in [0.717, 1.165) is 28.8 Å². The molecule has 0 spiro atoms. The van der Waals surface area contributed by atoms with E-state index >= 15 is 0 Å². The number of aliphatic hydroxyl groups is 1. The van der Waals surface area contributed by atoms with Crippen molar-refractivity contribution in [3.63, 3.8) is 0 Å². The summed E-state index contributed by atoms with van der Waals surface area (Å²) in [5.74, 6) is -0.178. The molecule has 2 heterocycles. The van der Waals surface area contributed by atoms with Crippen molar-refractivity contribution >= 4 is 17.2 Å². The number of hydrogen-bond donors (Lipinski definition) is 1. The Hall–Kier alpha value is -2.50. The molecule has 1 amide bonds. The number of aryl methyl sites for hydroxylation is 2. The quantitative estimate of drug-likeness (QED) is 0.640. The average Bonchev–Trinajstić information content (AvgIpc) is 3.33. The lowest BCUT2D eigenvalue weighted by atomic mass is 9.88. The average molecular weight is 410 g/mol. The van der Waals surface area contributed by atoms with Gasteiger partial charge in [-0.05, 0) is 48.2 Å². The van der Waals surface area contributed by atoms with Crippen molar-refractivity contribution < 1.29 is 14.3 Å². The van der Waals surface area contributed by atoms with Crippen LogP contribution in [0.15, 0.2) is 66.7 Å². The fourth-order valence-corrected chi connectivity index (χ4v) is 5.15. The standard InChI is InChI=1S/C24H24FNO2S/c1-26-22(27)15-20(17-5-3-2-4-6-17)23(26)24(28)21-14-13-19(29-21)12-9-16-7-10-18(25)11-8-16/h2-8,10-11,13-14,20,23-24,28H,9,12,15H2,1H3/t20-,23-,24-/m1/s1. The summed E-state index contributed by atoms with van der Waals surface area (Å²) >= 11 is 1.59. The third-order valence-electron chi connectivity index (χ3n) is 5.75. The number of amides is 1. The van der Waals surface area contributed by atoms with E-state index in [0.29, 0.717) is 6.42 Å². The van der Waals surface area contributed by atoms with Crippen molar-refractivity contribution in [1.82, 2.24) is 4.90 Å². The van der Waals surface area contributed by atoms with Crippen LogP contribution in [0.4, 0.5) is 4.39 Å². The Bertz CT molecular complexity index is 970. The number of benzene rings is 2. The van der Waals surface area contributed by atoms with E-state index in [1.807, 2.05) is 54.6 Å². The number of carbonyl (C=O) groups excluding carboxylic acids is 1. The van der Waals surface area contributed by atoms with Crippen molar-refractivity contribution in [2.24, 2.45) is 0 Å². The van der Waals surface area contributed by atoms with Gasteiger partial charge in [0, 0.05) is 29.1 Å². The number of likely N-dealkylation sites (N-methyl/N-ethyl adjacent to an activating group) is 1. The second-order valence-electron chi connectivity index (χ2n) is 7.59. The van der Waals surface area contributed by atoms with Crippen LogP contribution >= 0.6 is 11.3 Å². The Labute approximate surface area is 174 Å². The molecule has 1 aliphatic rings. The first-order valence-corrected chi connectivity index (χ1v) is 10.7. The highest BCUT2D eigenvalue weighted by Gasteiger charge is 2.43. The van der Waals surface area contributed by atoms with Gasteiger partial charge in [0.1, 0.15) is 11.9 Å². The van der Waals surface area contributed by atoms with E-state index in [4.69, 9.17) is 0 Å². The molecule has 29 heavy (non-hydrogen) atoms. The molecule has 150 valence electrons. The Morgan fingerprint density at radius 1 is 1.07 bits per heavy atom. The highest BCUT2D eigenvalue weighted by Crippen LogP contribution is 2.41. The fourth-order valence-electron chi connectivity index (χ4n) is 4.11. The van der Waals surface area contributed by atoms with Gasteiger partial charge in [0.25, 0.3) is 0 Å². The van der Waals surface area contributed by atoms with Gasteiger partial charge in [0.2, 0.25) is 5.91 Å². The van der Waals surface area contributed by atoms with Crippen molar-refractivity contribution in [2.75, 3.05) is 7.05 Å². The predicted molar refractivity (Wildman–Crippen MR) is 113 cm³/mol. The van der Waals surface area contributed by atoms with Crippen LogP contribution in [0.5, 0.6) is 0 Å². The fraction of sp³-hybridized carbons (Fsp3) is 0.292. The highest BCUT2D eigenvalue weighted by atomic mass is 32.1. The van der Waals surface area contributed by atoms with E-state index in [2.05, 4.69) is 0 Å². The number of nitrogens with zero attached hydrogens (tertiary/aromatic N) is 1. The van der Waals surface area contributed by atoms with Crippen LogP contribution in [-0.4, -0.2) is 29.0 Å². The van der Waals surface area contributed by atoms with Gasteiger partial charge in [0.05, 0.1) is 6.04 Å². The molecule has 2 aromatic carbocycles. The molecule has 5 heteroatoms. The van der Waals surface area contributed by atoms with Gasteiger partial charge >= 0.3 is 0 Å². The molecule has 1 fully saturated rings. The SMILES string of the molecule is CN1C(=O)C[C@H](c2ccccc2)[C@@H]1[C@H](O)c1ccc(CCc2ccc(F)cc2)s1. The monoisotopic (exact) mass is 409 g/mol. The first-order chi connectivity index (χ1) is 14.0. The number of halogens is 1. The summed E-state index contributed by atoms with van der Waals surface area (Å²) in [4.78, 5) is 16.1. The summed E-state index contributed by atoms with van der Waals surface area (Å²) in [7, 11) is 1.78. The lowest BCUT2D eigenvalue weighted by Gasteiger charge is -2.29. The number of hydrogen-bond acceptors (Lipinski definition) is 3. The summed E-state index contributed by atoms with van der Waals surface area (Å²) in [6, 6.07) is 20.3. The van der Waals surface area contributed by atoms with Crippen LogP contribution in [0, 0.1) is 5.82 Å². The molecule has 3 atom stereocenters. The maximum atomic E-state index is 13.0.